The predicted octanol–water partition coefficient (Wildman–Crippen LogP) is 2.29. The van der Waals surface area contributed by atoms with Crippen LogP contribution in [0.5, 0.6) is 5.75 Å². The van der Waals surface area contributed by atoms with E-state index >= 15 is 0 Å². The van der Waals surface area contributed by atoms with Crippen LogP contribution in [0, 0.1) is 0 Å². The van der Waals surface area contributed by atoms with Crippen LogP contribution in [0.3, 0.4) is 0 Å². The number of fused-ring (bicyclic) bond motifs is 1. The summed E-state index contributed by atoms with van der Waals surface area (Å²) in [5.41, 5.74) is 2.40. The molecule has 1 aliphatic heterocycles. The predicted molar refractivity (Wildman–Crippen MR) is 67.1 cm³/mol. The first-order valence-corrected chi connectivity index (χ1v) is 5.97. The molecule has 1 aliphatic rings. The number of rotatable bonds is 3. The highest BCUT2D eigenvalue weighted by Gasteiger charge is 2.19. The fourth-order valence-corrected chi connectivity index (χ4v) is 2.18. The Kier molecular flexibility index (Phi) is 3.34. The van der Waals surface area contributed by atoms with Crippen LogP contribution in [0.1, 0.15) is 31.7 Å². The van der Waals surface area contributed by atoms with Gasteiger partial charge in [0.05, 0.1) is 0 Å². The lowest BCUT2D eigenvalue weighted by Gasteiger charge is -2.27. The van der Waals surface area contributed by atoms with Crippen molar-refractivity contribution in [3.05, 3.63) is 23.8 Å². The molecule has 0 aliphatic carbocycles. The van der Waals surface area contributed by atoms with E-state index in [-0.39, 0.29) is 0 Å². The normalized spacial score (nSPS) is 19.3. The van der Waals surface area contributed by atoms with E-state index < -0.39 is 0 Å². The van der Waals surface area contributed by atoms with E-state index in [2.05, 4.69) is 24.5 Å². The molecule has 2 rings (SSSR count). The van der Waals surface area contributed by atoms with Crippen molar-refractivity contribution in [1.29, 1.82) is 0 Å². The van der Waals surface area contributed by atoms with Crippen LogP contribution in [0.2, 0.25) is 0 Å². The van der Waals surface area contributed by atoms with Crippen LogP contribution in [-0.4, -0.2) is 24.2 Å². The Morgan fingerprint density at radius 2 is 2.31 bits per heavy atom. The second-order valence-electron chi connectivity index (χ2n) is 4.75. The van der Waals surface area contributed by atoms with Gasteiger partial charge in [0.25, 0.3) is 0 Å². The van der Waals surface area contributed by atoms with Gasteiger partial charge in [-0.2, -0.15) is 0 Å². The Labute approximate surface area is 96.9 Å². The third-order valence-corrected chi connectivity index (χ3v) is 3.06. The maximum absolute atomic E-state index is 9.44. The van der Waals surface area contributed by atoms with Crippen molar-refractivity contribution in [1.82, 2.24) is 5.32 Å². The molecular weight excluding hydrogens is 200 g/mol. The summed E-state index contributed by atoms with van der Waals surface area (Å²) in [5.74, 6) is 0.892. The molecular formula is C13H20N2O. The molecule has 1 aromatic rings. The van der Waals surface area contributed by atoms with Gasteiger partial charge in [-0.25, -0.2) is 0 Å². The summed E-state index contributed by atoms with van der Waals surface area (Å²) in [5, 5.41) is 16.3. The minimum Gasteiger partial charge on any atom is -0.508 e. The molecule has 0 bridgehead atoms. The first kappa shape index (κ1) is 11.3. The third kappa shape index (κ3) is 2.47. The first-order chi connectivity index (χ1) is 7.66. The zero-order valence-corrected chi connectivity index (χ0v) is 9.96. The van der Waals surface area contributed by atoms with Crippen molar-refractivity contribution in [3.8, 4) is 5.75 Å². The molecule has 1 atom stereocenters. The van der Waals surface area contributed by atoms with Crippen molar-refractivity contribution in [3.63, 3.8) is 0 Å². The van der Waals surface area contributed by atoms with Gasteiger partial charge in [-0.1, -0.05) is 19.9 Å². The molecule has 0 saturated carbocycles. The van der Waals surface area contributed by atoms with E-state index in [0.29, 0.717) is 17.7 Å². The second kappa shape index (κ2) is 4.74. The second-order valence-corrected chi connectivity index (χ2v) is 4.75. The molecule has 0 aromatic heterocycles. The number of phenols is 1. The first-order valence-electron chi connectivity index (χ1n) is 5.97. The van der Waals surface area contributed by atoms with Crippen LogP contribution in [-0.2, 0) is 0 Å². The molecule has 1 heterocycles. The van der Waals surface area contributed by atoms with Crippen LogP contribution in [0.25, 0.3) is 0 Å². The highest BCUT2D eigenvalue weighted by Crippen LogP contribution is 2.33. The zero-order valence-electron chi connectivity index (χ0n) is 9.96. The van der Waals surface area contributed by atoms with Crippen molar-refractivity contribution < 1.29 is 5.11 Å². The molecule has 1 aromatic carbocycles. The van der Waals surface area contributed by atoms with Gasteiger partial charge in [0.15, 0.2) is 0 Å². The van der Waals surface area contributed by atoms with Gasteiger partial charge in [0.2, 0.25) is 0 Å². The van der Waals surface area contributed by atoms with Crippen molar-refractivity contribution >= 4 is 5.69 Å². The van der Waals surface area contributed by atoms with Crippen LogP contribution in [0.4, 0.5) is 5.69 Å². The van der Waals surface area contributed by atoms with Gasteiger partial charge in [0, 0.05) is 36.8 Å². The summed E-state index contributed by atoms with van der Waals surface area (Å²) in [6, 6.07) is 6.14. The van der Waals surface area contributed by atoms with Gasteiger partial charge in [0.1, 0.15) is 5.75 Å². The summed E-state index contributed by atoms with van der Waals surface area (Å²) in [7, 11) is 0. The molecule has 88 valence electrons. The summed E-state index contributed by atoms with van der Waals surface area (Å²) in [6.07, 6.45) is 1.15. The maximum Gasteiger partial charge on any atom is 0.117 e. The number of hydrogen-bond acceptors (Lipinski definition) is 3. The zero-order chi connectivity index (χ0) is 11.5. The van der Waals surface area contributed by atoms with Crippen LogP contribution in [0.15, 0.2) is 18.2 Å². The standard InChI is InChI=1S/C13H20N2O/c1-9(2)15-8-10-5-6-14-13-7-11(16)3-4-12(10)13/h3-4,7,9-10,14-16H,5-6,8H2,1-2H3. The van der Waals surface area contributed by atoms with Gasteiger partial charge in [-0.3, -0.25) is 0 Å². The summed E-state index contributed by atoms with van der Waals surface area (Å²) >= 11 is 0. The number of benzene rings is 1. The highest BCUT2D eigenvalue weighted by molar-refractivity contribution is 5.58. The molecule has 16 heavy (non-hydrogen) atoms. The molecule has 0 radical (unpaired) electrons. The lowest BCUT2D eigenvalue weighted by Crippen LogP contribution is -2.31. The van der Waals surface area contributed by atoms with Gasteiger partial charge in [-0.15, -0.1) is 0 Å². The van der Waals surface area contributed by atoms with Crippen LogP contribution < -0.4 is 10.6 Å². The Balaban J connectivity index is 2.13. The summed E-state index contributed by atoms with van der Waals surface area (Å²) < 4.78 is 0. The molecule has 3 nitrogen and oxygen atoms in total. The van der Waals surface area contributed by atoms with Gasteiger partial charge >= 0.3 is 0 Å². The van der Waals surface area contributed by atoms with Crippen LogP contribution >= 0.6 is 0 Å². The Bertz CT molecular complexity index is 363. The minimum atomic E-state index is 0.337. The molecule has 3 heteroatoms. The molecule has 1 unspecified atom stereocenters. The number of anilines is 1. The number of phenolic OH excluding ortho intramolecular Hbond substituents is 1. The Hall–Kier alpha value is -1.22. The highest BCUT2D eigenvalue weighted by atomic mass is 16.3. The van der Waals surface area contributed by atoms with E-state index in [1.807, 2.05) is 12.1 Å². The largest absolute Gasteiger partial charge is 0.508 e. The molecule has 0 fully saturated rings. The van der Waals surface area contributed by atoms with Crippen molar-refractivity contribution in [2.45, 2.75) is 32.2 Å². The van der Waals surface area contributed by atoms with E-state index in [9.17, 15) is 5.11 Å². The van der Waals surface area contributed by atoms with Crippen molar-refractivity contribution in [2.24, 2.45) is 0 Å². The Morgan fingerprint density at radius 1 is 1.50 bits per heavy atom. The lowest BCUT2D eigenvalue weighted by molar-refractivity contribution is 0.473. The molecule has 0 spiro atoms. The van der Waals surface area contributed by atoms with E-state index in [1.165, 1.54) is 5.56 Å². The molecule has 3 N–H and O–H groups in total. The van der Waals surface area contributed by atoms with Gasteiger partial charge < -0.3 is 15.7 Å². The fraction of sp³-hybridized carbons (Fsp3) is 0.538. The lowest BCUT2D eigenvalue weighted by atomic mass is 9.90. The van der Waals surface area contributed by atoms with Crippen molar-refractivity contribution in [2.75, 3.05) is 18.4 Å². The SMILES string of the molecule is CC(C)NCC1CCNc2cc(O)ccc21. The van der Waals surface area contributed by atoms with E-state index in [0.717, 1.165) is 25.2 Å². The fourth-order valence-electron chi connectivity index (χ4n) is 2.18. The average Bonchev–Trinajstić information content (AvgIpc) is 2.25. The minimum absolute atomic E-state index is 0.337. The topological polar surface area (TPSA) is 44.3 Å². The third-order valence-electron chi connectivity index (χ3n) is 3.06. The monoisotopic (exact) mass is 220 g/mol. The number of hydrogen-bond donors (Lipinski definition) is 3. The number of nitrogens with one attached hydrogen (secondary N) is 2. The smallest absolute Gasteiger partial charge is 0.117 e. The van der Waals surface area contributed by atoms with E-state index in [1.54, 1.807) is 6.07 Å². The quantitative estimate of drug-likeness (QED) is 0.732. The molecule has 0 amide bonds. The maximum atomic E-state index is 9.44. The summed E-state index contributed by atoms with van der Waals surface area (Å²) in [4.78, 5) is 0. The summed E-state index contributed by atoms with van der Waals surface area (Å²) in [6.45, 7) is 6.33. The van der Waals surface area contributed by atoms with Gasteiger partial charge in [-0.05, 0) is 18.1 Å². The van der Waals surface area contributed by atoms with E-state index in [4.69, 9.17) is 0 Å². The Morgan fingerprint density at radius 3 is 3.06 bits per heavy atom. The molecule has 0 saturated heterocycles. The number of aromatic hydroxyl groups is 1. The average molecular weight is 220 g/mol.